The van der Waals surface area contributed by atoms with Gasteiger partial charge in [-0.1, -0.05) is 25.4 Å². The summed E-state index contributed by atoms with van der Waals surface area (Å²) in [6.45, 7) is 8.81. The van der Waals surface area contributed by atoms with Gasteiger partial charge in [-0.3, -0.25) is 0 Å². The van der Waals surface area contributed by atoms with Crippen LogP contribution in [0, 0.1) is 19.8 Å². The van der Waals surface area contributed by atoms with Gasteiger partial charge in [-0.25, -0.2) is 9.97 Å². The van der Waals surface area contributed by atoms with E-state index in [-0.39, 0.29) is 0 Å². The number of aryl methyl sites for hydroxylation is 2. The number of nitrogens with one attached hydrogen (secondary N) is 1. The lowest BCUT2D eigenvalue weighted by Crippen LogP contribution is -2.11. The highest BCUT2D eigenvalue weighted by Crippen LogP contribution is 2.20. The maximum Gasteiger partial charge on any atom is 0.226 e. The molecule has 96 valence electrons. The highest BCUT2D eigenvalue weighted by Gasteiger charge is 2.10. The van der Waals surface area contributed by atoms with E-state index in [0.717, 1.165) is 17.9 Å². The first-order valence-electron chi connectivity index (χ1n) is 5.89. The number of rotatable bonds is 3. The Labute approximate surface area is 111 Å². The molecule has 0 fully saturated rings. The minimum atomic E-state index is 0.335. The van der Waals surface area contributed by atoms with Crippen molar-refractivity contribution >= 4 is 28.7 Å². The molecule has 0 aliphatic heterocycles. The van der Waals surface area contributed by atoms with Crippen molar-refractivity contribution in [3.63, 3.8) is 0 Å². The number of nitrogens with zero attached hydrogens (tertiary/aromatic N) is 4. The molecule has 0 radical (unpaired) electrons. The zero-order chi connectivity index (χ0) is 13.3. The Morgan fingerprint density at radius 1 is 1.06 bits per heavy atom. The van der Waals surface area contributed by atoms with Crippen LogP contribution in [-0.2, 0) is 0 Å². The Hall–Kier alpha value is -1.49. The summed E-state index contributed by atoms with van der Waals surface area (Å²) in [5, 5.41) is 3.47. The van der Waals surface area contributed by atoms with Crippen molar-refractivity contribution < 1.29 is 0 Å². The zero-order valence-electron chi connectivity index (χ0n) is 11.0. The number of hydrogen-bond donors (Lipinski definition) is 1. The molecule has 2 rings (SSSR count). The molecule has 0 aliphatic carbocycles. The predicted octanol–water partition coefficient (Wildman–Crippen LogP) is 2.76. The fourth-order valence-corrected chi connectivity index (χ4v) is 1.66. The molecule has 6 heteroatoms. The fraction of sp³-hybridized carbons (Fsp3) is 0.500. The summed E-state index contributed by atoms with van der Waals surface area (Å²) in [5.41, 5.74) is 2.78. The molecule has 2 heterocycles. The molecular weight excluding hydrogens is 250 g/mol. The van der Waals surface area contributed by atoms with E-state index in [0.29, 0.717) is 28.2 Å². The highest BCUT2D eigenvalue weighted by molar-refractivity contribution is 6.33. The topological polar surface area (TPSA) is 63.6 Å². The Bertz CT molecular complexity index is 582. The van der Waals surface area contributed by atoms with Crippen LogP contribution >= 0.6 is 11.6 Å². The van der Waals surface area contributed by atoms with Gasteiger partial charge in [-0.2, -0.15) is 9.97 Å². The first kappa shape index (κ1) is 13.0. The molecule has 0 atom stereocenters. The van der Waals surface area contributed by atoms with Crippen LogP contribution in [0.3, 0.4) is 0 Å². The second-order valence-electron chi connectivity index (χ2n) is 4.68. The van der Waals surface area contributed by atoms with Crippen LogP contribution in [0.25, 0.3) is 11.2 Å². The van der Waals surface area contributed by atoms with E-state index in [2.05, 4.69) is 39.1 Å². The third-order valence-electron chi connectivity index (χ3n) is 2.57. The summed E-state index contributed by atoms with van der Waals surface area (Å²) >= 11 is 6.11. The first-order chi connectivity index (χ1) is 8.47. The van der Waals surface area contributed by atoms with Crippen molar-refractivity contribution in [2.24, 2.45) is 5.92 Å². The van der Waals surface area contributed by atoms with Gasteiger partial charge in [0.1, 0.15) is 5.52 Å². The van der Waals surface area contributed by atoms with Crippen molar-refractivity contribution in [1.82, 2.24) is 19.9 Å². The molecule has 0 unspecified atom stereocenters. The van der Waals surface area contributed by atoms with Crippen molar-refractivity contribution in [3.05, 3.63) is 16.5 Å². The standard InChI is InChI=1S/C12H16ClN5/c1-6(2)5-14-12-17-10(13)9-11(18-12)16-8(4)7(3)15-9/h6H,5H2,1-4H3,(H,14,16,17,18). The van der Waals surface area contributed by atoms with E-state index in [1.807, 2.05) is 13.8 Å². The van der Waals surface area contributed by atoms with Gasteiger partial charge in [-0.05, 0) is 19.8 Å². The molecule has 0 aliphatic rings. The Kier molecular flexibility index (Phi) is 3.61. The summed E-state index contributed by atoms with van der Waals surface area (Å²) in [6, 6.07) is 0. The molecule has 5 nitrogen and oxygen atoms in total. The van der Waals surface area contributed by atoms with Gasteiger partial charge in [0.05, 0.1) is 11.4 Å². The van der Waals surface area contributed by atoms with E-state index < -0.39 is 0 Å². The van der Waals surface area contributed by atoms with Gasteiger partial charge in [0.2, 0.25) is 5.95 Å². The molecule has 2 aromatic heterocycles. The Morgan fingerprint density at radius 3 is 2.39 bits per heavy atom. The lowest BCUT2D eigenvalue weighted by atomic mass is 10.2. The third-order valence-corrected chi connectivity index (χ3v) is 2.83. The second-order valence-corrected chi connectivity index (χ2v) is 5.04. The first-order valence-corrected chi connectivity index (χ1v) is 6.27. The lowest BCUT2D eigenvalue weighted by Gasteiger charge is -2.09. The molecule has 1 N–H and O–H groups in total. The van der Waals surface area contributed by atoms with Crippen molar-refractivity contribution in [3.8, 4) is 0 Å². The van der Waals surface area contributed by atoms with Crippen LogP contribution in [0.15, 0.2) is 0 Å². The van der Waals surface area contributed by atoms with Gasteiger partial charge in [0, 0.05) is 6.54 Å². The van der Waals surface area contributed by atoms with E-state index in [9.17, 15) is 0 Å². The monoisotopic (exact) mass is 265 g/mol. The van der Waals surface area contributed by atoms with Crippen LogP contribution in [0.2, 0.25) is 5.15 Å². The Balaban J connectivity index is 2.45. The van der Waals surface area contributed by atoms with Crippen molar-refractivity contribution in [1.29, 1.82) is 0 Å². The molecule has 0 aromatic carbocycles. The van der Waals surface area contributed by atoms with Gasteiger partial charge in [0.25, 0.3) is 0 Å². The average Bonchev–Trinajstić information content (AvgIpc) is 2.29. The average molecular weight is 266 g/mol. The number of halogens is 1. The van der Waals surface area contributed by atoms with Crippen molar-refractivity contribution in [2.45, 2.75) is 27.7 Å². The summed E-state index contributed by atoms with van der Waals surface area (Å²) in [4.78, 5) is 17.3. The summed E-state index contributed by atoms with van der Waals surface area (Å²) in [7, 11) is 0. The zero-order valence-corrected chi connectivity index (χ0v) is 11.7. The van der Waals surface area contributed by atoms with Gasteiger partial charge < -0.3 is 5.32 Å². The SMILES string of the molecule is Cc1nc2nc(NCC(C)C)nc(Cl)c2nc1C. The minimum absolute atomic E-state index is 0.335. The van der Waals surface area contributed by atoms with E-state index in [4.69, 9.17) is 11.6 Å². The van der Waals surface area contributed by atoms with E-state index in [1.54, 1.807) is 0 Å². The second kappa shape index (κ2) is 5.02. The van der Waals surface area contributed by atoms with E-state index >= 15 is 0 Å². The predicted molar refractivity (Wildman–Crippen MR) is 72.9 cm³/mol. The van der Waals surface area contributed by atoms with Crippen LogP contribution in [0.4, 0.5) is 5.95 Å². The number of anilines is 1. The summed E-state index contributed by atoms with van der Waals surface area (Å²) in [6.07, 6.45) is 0. The van der Waals surface area contributed by atoms with Crippen LogP contribution in [0.1, 0.15) is 25.2 Å². The van der Waals surface area contributed by atoms with Gasteiger partial charge >= 0.3 is 0 Å². The number of aromatic nitrogens is 4. The molecule has 2 aromatic rings. The quantitative estimate of drug-likeness (QED) is 0.865. The minimum Gasteiger partial charge on any atom is -0.354 e. The molecule has 0 amide bonds. The molecular formula is C12H16ClN5. The van der Waals surface area contributed by atoms with Crippen LogP contribution in [-0.4, -0.2) is 26.5 Å². The van der Waals surface area contributed by atoms with Crippen LogP contribution in [0.5, 0.6) is 0 Å². The molecule has 18 heavy (non-hydrogen) atoms. The maximum atomic E-state index is 6.11. The number of fused-ring (bicyclic) bond motifs is 1. The maximum absolute atomic E-state index is 6.11. The molecule has 0 spiro atoms. The summed E-state index contributed by atoms with van der Waals surface area (Å²) in [5.74, 6) is 1.01. The molecule has 0 saturated heterocycles. The normalized spacial score (nSPS) is 11.2. The summed E-state index contributed by atoms with van der Waals surface area (Å²) < 4.78 is 0. The molecule has 0 bridgehead atoms. The van der Waals surface area contributed by atoms with Gasteiger partial charge in [0.15, 0.2) is 10.8 Å². The molecule has 0 saturated carbocycles. The highest BCUT2D eigenvalue weighted by atomic mass is 35.5. The van der Waals surface area contributed by atoms with Crippen molar-refractivity contribution in [2.75, 3.05) is 11.9 Å². The largest absolute Gasteiger partial charge is 0.354 e. The van der Waals surface area contributed by atoms with Gasteiger partial charge in [-0.15, -0.1) is 0 Å². The smallest absolute Gasteiger partial charge is 0.226 e. The third kappa shape index (κ3) is 2.67. The van der Waals surface area contributed by atoms with Crippen LogP contribution < -0.4 is 5.32 Å². The number of hydrogen-bond acceptors (Lipinski definition) is 5. The van der Waals surface area contributed by atoms with E-state index in [1.165, 1.54) is 0 Å². The Morgan fingerprint density at radius 2 is 1.72 bits per heavy atom. The lowest BCUT2D eigenvalue weighted by molar-refractivity contribution is 0.685. The fourth-order valence-electron chi connectivity index (χ4n) is 1.45.